The maximum Gasteiger partial charge on any atom is 0.243 e. The van der Waals surface area contributed by atoms with Crippen LogP contribution in [0.5, 0.6) is 0 Å². The van der Waals surface area contributed by atoms with E-state index in [1.54, 1.807) is 29.2 Å². The van der Waals surface area contributed by atoms with Gasteiger partial charge in [0, 0.05) is 36.7 Å². The van der Waals surface area contributed by atoms with Crippen LogP contribution in [0.4, 0.5) is 0 Å². The molecule has 2 atom stereocenters. The van der Waals surface area contributed by atoms with Crippen molar-refractivity contribution in [2.24, 2.45) is 5.92 Å². The Balaban J connectivity index is 1.55. The molecule has 2 unspecified atom stereocenters. The quantitative estimate of drug-likeness (QED) is 0.884. The number of hydrogen-bond donors (Lipinski definition) is 1. The number of imidazole rings is 1. The highest BCUT2D eigenvalue weighted by molar-refractivity contribution is 7.99. The Kier molecular flexibility index (Phi) is 5.25. The molecule has 6 nitrogen and oxygen atoms in total. The standard InChI is InChI=1S/C16H24N4O2S/c1-12(8-19-7-6-17-10-19)18-15(21)14-9-23-11-20(14)16(22)13-4-2-3-5-13/h6-7,10,12-14H,2-5,8-9,11H2,1H3,(H,18,21). The van der Waals surface area contributed by atoms with Gasteiger partial charge in [0.25, 0.3) is 0 Å². The van der Waals surface area contributed by atoms with Crippen LogP contribution in [0.25, 0.3) is 0 Å². The molecule has 1 saturated heterocycles. The number of hydrogen-bond acceptors (Lipinski definition) is 4. The molecule has 3 rings (SSSR count). The molecule has 2 amide bonds. The second kappa shape index (κ2) is 7.38. The maximum absolute atomic E-state index is 12.6. The summed E-state index contributed by atoms with van der Waals surface area (Å²) in [6.45, 7) is 2.66. The zero-order valence-electron chi connectivity index (χ0n) is 13.5. The minimum absolute atomic E-state index is 0.00531. The van der Waals surface area contributed by atoms with Gasteiger partial charge < -0.3 is 14.8 Å². The van der Waals surface area contributed by atoms with E-state index in [4.69, 9.17) is 0 Å². The van der Waals surface area contributed by atoms with E-state index in [0.717, 1.165) is 25.7 Å². The highest BCUT2D eigenvalue weighted by atomic mass is 32.2. The molecule has 1 N–H and O–H groups in total. The molecule has 2 aliphatic rings. The molecular weight excluding hydrogens is 312 g/mol. The van der Waals surface area contributed by atoms with E-state index in [0.29, 0.717) is 18.2 Å². The average Bonchev–Trinajstić information content (AvgIpc) is 3.27. The van der Waals surface area contributed by atoms with Crippen molar-refractivity contribution < 1.29 is 9.59 Å². The number of nitrogens with zero attached hydrogens (tertiary/aromatic N) is 3. The van der Waals surface area contributed by atoms with Crippen LogP contribution in [-0.2, 0) is 16.1 Å². The van der Waals surface area contributed by atoms with Gasteiger partial charge in [-0.3, -0.25) is 9.59 Å². The Hall–Kier alpha value is -1.50. The van der Waals surface area contributed by atoms with Crippen LogP contribution in [-0.4, -0.2) is 50.0 Å². The summed E-state index contributed by atoms with van der Waals surface area (Å²) in [7, 11) is 0. The van der Waals surface area contributed by atoms with Crippen molar-refractivity contribution in [1.29, 1.82) is 0 Å². The van der Waals surface area contributed by atoms with Crippen molar-refractivity contribution in [3.05, 3.63) is 18.7 Å². The lowest BCUT2D eigenvalue weighted by Gasteiger charge is -2.27. The first kappa shape index (κ1) is 16.4. The maximum atomic E-state index is 12.6. The minimum Gasteiger partial charge on any atom is -0.350 e. The van der Waals surface area contributed by atoms with E-state index >= 15 is 0 Å². The molecule has 1 aliphatic heterocycles. The second-order valence-electron chi connectivity index (χ2n) is 6.47. The first-order valence-electron chi connectivity index (χ1n) is 8.29. The van der Waals surface area contributed by atoms with E-state index in [1.807, 2.05) is 17.7 Å². The van der Waals surface area contributed by atoms with Gasteiger partial charge in [-0.1, -0.05) is 12.8 Å². The monoisotopic (exact) mass is 336 g/mol. The lowest BCUT2D eigenvalue weighted by molar-refractivity contribution is -0.141. The summed E-state index contributed by atoms with van der Waals surface area (Å²) in [6, 6.07) is -0.316. The normalized spacial score (nSPS) is 23.2. The third-order valence-electron chi connectivity index (χ3n) is 4.60. The Labute approximate surface area is 141 Å². The van der Waals surface area contributed by atoms with Crippen LogP contribution in [0.3, 0.4) is 0 Å². The Morgan fingerprint density at radius 1 is 1.39 bits per heavy atom. The average molecular weight is 336 g/mol. The number of nitrogens with one attached hydrogen (secondary N) is 1. The highest BCUT2D eigenvalue weighted by Gasteiger charge is 2.38. The lowest BCUT2D eigenvalue weighted by atomic mass is 10.1. The summed E-state index contributed by atoms with van der Waals surface area (Å²) in [4.78, 5) is 31.0. The zero-order chi connectivity index (χ0) is 16.2. The summed E-state index contributed by atoms with van der Waals surface area (Å²) >= 11 is 1.67. The van der Waals surface area contributed by atoms with Gasteiger partial charge in [0.05, 0.1) is 12.2 Å². The Morgan fingerprint density at radius 2 is 2.17 bits per heavy atom. The molecule has 1 aromatic heterocycles. The van der Waals surface area contributed by atoms with E-state index < -0.39 is 0 Å². The Morgan fingerprint density at radius 3 is 2.87 bits per heavy atom. The molecule has 0 aromatic carbocycles. The van der Waals surface area contributed by atoms with E-state index in [-0.39, 0.29) is 29.8 Å². The van der Waals surface area contributed by atoms with Crippen LogP contribution >= 0.6 is 11.8 Å². The smallest absolute Gasteiger partial charge is 0.243 e. The predicted molar refractivity (Wildman–Crippen MR) is 89.7 cm³/mol. The first-order chi connectivity index (χ1) is 11.1. The fourth-order valence-corrected chi connectivity index (χ4v) is 4.54. The SMILES string of the molecule is CC(Cn1ccnc1)NC(=O)C1CSCN1C(=O)C1CCCC1. The Bertz CT molecular complexity index is 542. The zero-order valence-corrected chi connectivity index (χ0v) is 14.3. The molecule has 0 spiro atoms. The van der Waals surface area contributed by atoms with Crippen molar-refractivity contribution in [3.63, 3.8) is 0 Å². The number of rotatable bonds is 5. The molecule has 2 fully saturated rings. The molecule has 1 aromatic rings. The number of carbonyl (C=O) groups excluding carboxylic acids is 2. The van der Waals surface area contributed by atoms with Crippen molar-refractivity contribution >= 4 is 23.6 Å². The summed E-state index contributed by atoms with van der Waals surface area (Å²) in [5.74, 6) is 1.61. The van der Waals surface area contributed by atoms with Crippen LogP contribution in [0.2, 0.25) is 0 Å². The van der Waals surface area contributed by atoms with Crippen LogP contribution in [0.1, 0.15) is 32.6 Å². The van der Waals surface area contributed by atoms with Crippen molar-refractivity contribution in [2.75, 3.05) is 11.6 Å². The van der Waals surface area contributed by atoms with E-state index in [9.17, 15) is 9.59 Å². The fraction of sp³-hybridized carbons (Fsp3) is 0.688. The number of amides is 2. The molecule has 0 bridgehead atoms. The summed E-state index contributed by atoms with van der Waals surface area (Å²) < 4.78 is 1.94. The van der Waals surface area contributed by atoms with E-state index in [1.165, 1.54) is 0 Å². The number of thioether (sulfide) groups is 1. The van der Waals surface area contributed by atoms with Gasteiger partial charge in [-0.15, -0.1) is 11.8 Å². The molecule has 126 valence electrons. The summed E-state index contributed by atoms with van der Waals surface area (Å²) in [5, 5.41) is 3.04. The topological polar surface area (TPSA) is 67.2 Å². The molecule has 0 radical (unpaired) electrons. The van der Waals surface area contributed by atoms with Crippen molar-refractivity contribution in [3.8, 4) is 0 Å². The molecular formula is C16H24N4O2S. The second-order valence-corrected chi connectivity index (χ2v) is 7.47. The number of aromatic nitrogens is 2. The van der Waals surface area contributed by atoms with Crippen molar-refractivity contribution in [2.45, 2.75) is 51.2 Å². The van der Waals surface area contributed by atoms with Gasteiger partial charge in [0.2, 0.25) is 11.8 Å². The first-order valence-corrected chi connectivity index (χ1v) is 9.45. The molecule has 1 aliphatic carbocycles. The van der Waals surface area contributed by atoms with Crippen molar-refractivity contribution in [1.82, 2.24) is 19.8 Å². The van der Waals surface area contributed by atoms with Gasteiger partial charge in [0.1, 0.15) is 6.04 Å². The third-order valence-corrected chi connectivity index (χ3v) is 5.62. The summed E-state index contributed by atoms with van der Waals surface area (Å²) in [6.07, 6.45) is 9.57. The van der Waals surface area contributed by atoms with Gasteiger partial charge in [-0.2, -0.15) is 0 Å². The van der Waals surface area contributed by atoms with E-state index in [2.05, 4.69) is 10.3 Å². The molecule has 2 heterocycles. The van der Waals surface area contributed by atoms with Crippen LogP contribution in [0.15, 0.2) is 18.7 Å². The van der Waals surface area contributed by atoms with Gasteiger partial charge in [-0.25, -0.2) is 4.98 Å². The van der Waals surface area contributed by atoms with Gasteiger partial charge in [-0.05, 0) is 19.8 Å². The number of carbonyl (C=O) groups is 2. The predicted octanol–water partition coefficient (Wildman–Crippen LogP) is 1.48. The summed E-state index contributed by atoms with van der Waals surface area (Å²) in [5.41, 5.74) is 0. The van der Waals surface area contributed by atoms with Crippen LogP contribution < -0.4 is 5.32 Å². The van der Waals surface area contributed by atoms with Gasteiger partial charge >= 0.3 is 0 Å². The minimum atomic E-state index is -0.321. The lowest BCUT2D eigenvalue weighted by Crippen LogP contribution is -2.51. The molecule has 1 saturated carbocycles. The van der Waals surface area contributed by atoms with Crippen LogP contribution in [0, 0.1) is 5.92 Å². The molecule has 7 heteroatoms. The highest BCUT2D eigenvalue weighted by Crippen LogP contribution is 2.30. The molecule has 23 heavy (non-hydrogen) atoms. The largest absolute Gasteiger partial charge is 0.350 e. The fourth-order valence-electron chi connectivity index (χ4n) is 3.38. The van der Waals surface area contributed by atoms with Gasteiger partial charge in [0.15, 0.2) is 0 Å². The third kappa shape index (κ3) is 3.88.